The summed E-state index contributed by atoms with van der Waals surface area (Å²) < 4.78 is 39.2. The van der Waals surface area contributed by atoms with Gasteiger partial charge in [0.25, 0.3) is 0 Å². The van der Waals surface area contributed by atoms with Crippen molar-refractivity contribution in [3.63, 3.8) is 0 Å². The molecule has 4 heteroatoms. The first kappa shape index (κ1) is 15.5. The molecule has 2 rings (SSSR count). The number of halogens is 3. The maximum atomic E-state index is 13.1. The Hall–Kier alpha value is -1.84. The number of hydrogen-bond acceptors (Lipinski definition) is 1. The molecule has 0 aliphatic carbocycles. The van der Waals surface area contributed by atoms with Crippen LogP contribution >= 0.6 is 0 Å². The second kappa shape index (κ2) is 6.74. The van der Waals surface area contributed by atoms with Crippen molar-refractivity contribution in [3.8, 4) is 11.3 Å². The first-order chi connectivity index (χ1) is 10.0. The molecule has 0 fully saturated rings. The molecule has 1 heterocycles. The molecule has 0 N–H and O–H groups in total. The molecule has 21 heavy (non-hydrogen) atoms. The van der Waals surface area contributed by atoms with Gasteiger partial charge in [-0.2, -0.15) is 13.2 Å². The van der Waals surface area contributed by atoms with Crippen LogP contribution in [0.25, 0.3) is 11.3 Å². The van der Waals surface area contributed by atoms with Crippen molar-refractivity contribution in [2.45, 2.75) is 38.8 Å². The van der Waals surface area contributed by atoms with Crippen LogP contribution in [0.3, 0.4) is 0 Å². The quantitative estimate of drug-likeness (QED) is 0.663. The Morgan fingerprint density at radius 1 is 0.952 bits per heavy atom. The summed E-state index contributed by atoms with van der Waals surface area (Å²) in [4.78, 5) is 4.39. The van der Waals surface area contributed by atoms with Crippen LogP contribution in [0.2, 0.25) is 0 Å². The van der Waals surface area contributed by atoms with Crippen LogP contribution in [-0.4, -0.2) is 4.98 Å². The smallest absolute Gasteiger partial charge is 0.253 e. The Bertz CT molecular complexity index is 591. The molecule has 0 bridgehead atoms. The van der Waals surface area contributed by atoms with Crippen molar-refractivity contribution in [3.05, 3.63) is 53.7 Å². The molecule has 0 unspecified atom stereocenters. The van der Waals surface area contributed by atoms with Crippen molar-refractivity contribution in [1.29, 1.82) is 0 Å². The van der Waals surface area contributed by atoms with Gasteiger partial charge in [-0.3, -0.25) is 4.98 Å². The summed E-state index contributed by atoms with van der Waals surface area (Å²) in [6.45, 7) is 2.11. The van der Waals surface area contributed by atoms with Gasteiger partial charge in [0.1, 0.15) is 0 Å². The molecular weight excluding hydrogens is 275 g/mol. The van der Waals surface area contributed by atoms with Gasteiger partial charge in [0.05, 0.1) is 11.3 Å². The molecule has 1 aromatic carbocycles. The number of rotatable bonds is 5. The fraction of sp³-hybridized carbons (Fsp3) is 0.353. The molecular formula is C17H18F3N. The molecule has 0 saturated carbocycles. The van der Waals surface area contributed by atoms with E-state index in [2.05, 4.69) is 11.9 Å². The van der Waals surface area contributed by atoms with Crippen LogP contribution in [0.1, 0.15) is 37.4 Å². The number of nitrogens with zero attached hydrogens (tertiary/aromatic N) is 1. The molecule has 2 aromatic rings. The van der Waals surface area contributed by atoms with Crippen molar-refractivity contribution in [2.75, 3.05) is 0 Å². The number of alkyl halides is 3. The summed E-state index contributed by atoms with van der Waals surface area (Å²) in [5, 5.41) is 0. The fourth-order valence-electron chi connectivity index (χ4n) is 2.28. The lowest BCUT2D eigenvalue weighted by Gasteiger charge is -2.12. The highest BCUT2D eigenvalue weighted by atomic mass is 19.4. The second-order valence-corrected chi connectivity index (χ2v) is 5.01. The zero-order valence-electron chi connectivity index (χ0n) is 12.0. The molecule has 0 saturated heterocycles. The highest BCUT2D eigenvalue weighted by Gasteiger charge is 2.33. The summed E-state index contributed by atoms with van der Waals surface area (Å²) in [6.07, 6.45) is -0.345. The van der Waals surface area contributed by atoms with Gasteiger partial charge in [-0.15, -0.1) is 0 Å². The minimum atomic E-state index is -4.36. The van der Waals surface area contributed by atoms with E-state index in [4.69, 9.17) is 0 Å². The molecule has 0 amide bonds. The average molecular weight is 293 g/mol. The van der Waals surface area contributed by atoms with Crippen LogP contribution in [0.5, 0.6) is 0 Å². The van der Waals surface area contributed by atoms with Crippen LogP contribution < -0.4 is 0 Å². The SMILES string of the molecule is CCCCCc1cccc(-c2ccccc2C(F)(F)F)n1. The predicted octanol–water partition coefficient (Wildman–Crippen LogP) is 5.50. The number of aryl methyl sites for hydroxylation is 1. The van der Waals surface area contributed by atoms with Crippen molar-refractivity contribution < 1.29 is 13.2 Å². The summed E-state index contributed by atoms with van der Waals surface area (Å²) in [5.41, 5.74) is 0.736. The van der Waals surface area contributed by atoms with Gasteiger partial charge < -0.3 is 0 Å². The second-order valence-electron chi connectivity index (χ2n) is 5.01. The topological polar surface area (TPSA) is 12.9 Å². The highest BCUT2D eigenvalue weighted by molar-refractivity contribution is 5.64. The van der Waals surface area contributed by atoms with Gasteiger partial charge in [0.2, 0.25) is 0 Å². The summed E-state index contributed by atoms with van der Waals surface area (Å²) >= 11 is 0. The van der Waals surface area contributed by atoms with E-state index in [9.17, 15) is 13.2 Å². The third-order valence-corrected chi connectivity index (χ3v) is 3.35. The van der Waals surface area contributed by atoms with Crippen LogP contribution in [-0.2, 0) is 12.6 Å². The van der Waals surface area contributed by atoms with Crippen molar-refractivity contribution in [1.82, 2.24) is 4.98 Å². The normalized spacial score (nSPS) is 11.6. The zero-order valence-corrected chi connectivity index (χ0v) is 12.0. The molecule has 0 aliphatic rings. The predicted molar refractivity (Wildman–Crippen MR) is 77.9 cm³/mol. The maximum absolute atomic E-state index is 13.1. The number of benzene rings is 1. The lowest BCUT2D eigenvalue weighted by atomic mass is 10.0. The Balaban J connectivity index is 2.32. The number of aromatic nitrogens is 1. The Morgan fingerprint density at radius 3 is 2.43 bits per heavy atom. The van der Waals surface area contributed by atoms with E-state index in [0.29, 0.717) is 5.69 Å². The molecule has 0 atom stereocenters. The van der Waals surface area contributed by atoms with Crippen LogP contribution in [0, 0.1) is 0 Å². The lowest BCUT2D eigenvalue weighted by Crippen LogP contribution is -2.07. The summed E-state index contributed by atoms with van der Waals surface area (Å²) in [6, 6.07) is 10.9. The third kappa shape index (κ3) is 4.06. The van der Waals surface area contributed by atoms with Crippen LogP contribution in [0.4, 0.5) is 13.2 Å². The van der Waals surface area contributed by atoms with Gasteiger partial charge in [-0.05, 0) is 31.0 Å². The summed E-state index contributed by atoms with van der Waals surface area (Å²) in [7, 11) is 0. The monoisotopic (exact) mass is 293 g/mol. The van der Waals surface area contributed by atoms with Crippen LogP contribution in [0.15, 0.2) is 42.5 Å². The van der Waals surface area contributed by atoms with E-state index < -0.39 is 11.7 Å². The molecule has 0 radical (unpaired) electrons. The van der Waals surface area contributed by atoms with Crippen molar-refractivity contribution >= 4 is 0 Å². The Morgan fingerprint density at radius 2 is 1.71 bits per heavy atom. The molecule has 0 spiro atoms. The minimum Gasteiger partial charge on any atom is -0.253 e. The highest BCUT2D eigenvalue weighted by Crippen LogP contribution is 2.36. The fourth-order valence-corrected chi connectivity index (χ4v) is 2.28. The first-order valence-corrected chi connectivity index (χ1v) is 7.15. The van der Waals surface area contributed by atoms with E-state index in [-0.39, 0.29) is 5.56 Å². The lowest BCUT2D eigenvalue weighted by molar-refractivity contribution is -0.137. The third-order valence-electron chi connectivity index (χ3n) is 3.35. The van der Waals surface area contributed by atoms with E-state index in [1.165, 1.54) is 12.1 Å². The first-order valence-electron chi connectivity index (χ1n) is 7.15. The van der Waals surface area contributed by atoms with Gasteiger partial charge >= 0.3 is 6.18 Å². The number of pyridine rings is 1. The summed E-state index contributed by atoms with van der Waals surface area (Å²) in [5.74, 6) is 0. The van der Waals surface area contributed by atoms with Crippen molar-refractivity contribution in [2.24, 2.45) is 0 Å². The van der Waals surface area contributed by atoms with E-state index >= 15 is 0 Å². The Labute approximate surface area is 122 Å². The molecule has 1 aromatic heterocycles. The molecule has 112 valence electrons. The largest absolute Gasteiger partial charge is 0.417 e. The van der Waals surface area contributed by atoms with Gasteiger partial charge in [-0.25, -0.2) is 0 Å². The minimum absolute atomic E-state index is 0.141. The van der Waals surface area contributed by atoms with E-state index in [1.807, 2.05) is 6.07 Å². The number of hydrogen-bond donors (Lipinski definition) is 0. The van der Waals surface area contributed by atoms with E-state index in [0.717, 1.165) is 37.4 Å². The van der Waals surface area contributed by atoms with Gasteiger partial charge in [0, 0.05) is 11.3 Å². The Kier molecular flexibility index (Phi) is 4.99. The molecule has 1 nitrogen and oxygen atoms in total. The standard InChI is InChI=1S/C17H18F3N/c1-2-3-4-8-13-9-7-12-16(21-13)14-10-5-6-11-15(14)17(18,19)20/h5-7,9-12H,2-4,8H2,1H3. The average Bonchev–Trinajstić information content (AvgIpc) is 2.47. The van der Waals surface area contributed by atoms with Gasteiger partial charge in [-0.1, -0.05) is 44.0 Å². The van der Waals surface area contributed by atoms with Gasteiger partial charge in [0.15, 0.2) is 0 Å². The molecule has 0 aliphatic heterocycles. The zero-order chi connectivity index (χ0) is 15.3. The van der Waals surface area contributed by atoms with E-state index in [1.54, 1.807) is 18.2 Å². The number of unbranched alkanes of at least 4 members (excludes halogenated alkanes) is 2. The maximum Gasteiger partial charge on any atom is 0.417 e.